The van der Waals surface area contributed by atoms with Crippen molar-refractivity contribution in [2.75, 3.05) is 0 Å². The zero-order valence-electron chi connectivity index (χ0n) is 18.9. The first-order valence-corrected chi connectivity index (χ1v) is 13.1. The smallest absolute Gasteiger partial charge is 0.260 e. The Labute approximate surface area is 205 Å². The average Bonchev–Trinajstić information content (AvgIpc) is 3.51. The van der Waals surface area contributed by atoms with Gasteiger partial charge in [0.25, 0.3) is 5.56 Å². The van der Waals surface area contributed by atoms with E-state index in [1.54, 1.807) is 23.1 Å². The molecule has 5 aromatic rings. The Balaban J connectivity index is 1.33. The number of nitrogens with zero attached hydrogens (tertiary/aromatic N) is 4. The summed E-state index contributed by atoms with van der Waals surface area (Å²) in [6, 6.07) is 18.5. The molecule has 0 amide bonds. The second-order valence-corrected chi connectivity index (χ2v) is 10.8. The minimum Gasteiger partial charge on any atom is -0.309 e. The van der Waals surface area contributed by atoms with Crippen LogP contribution in [0, 0.1) is 13.8 Å². The van der Waals surface area contributed by atoms with Crippen LogP contribution < -0.4 is 5.56 Å². The summed E-state index contributed by atoms with van der Waals surface area (Å²) in [5.41, 5.74) is 4.19. The lowest BCUT2D eigenvalue weighted by molar-refractivity contribution is 0.828. The van der Waals surface area contributed by atoms with Gasteiger partial charge in [0.1, 0.15) is 16.5 Å². The molecule has 3 aromatic heterocycles. The molecule has 0 bridgehead atoms. The third kappa shape index (κ3) is 3.86. The minimum atomic E-state index is -0.0938. The number of H-pyrrole nitrogens is 1. The summed E-state index contributed by atoms with van der Waals surface area (Å²) in [6.07, 6.45) is 2.31. The lowest BCUT2D eigenvalue weighted by atomic mass is 10.0. The zero-order valence-corrected chi connectivity index (χ0v) is 20.5. The number of aromatic nitrogens is 5. The Kier molecular flexibility index (Phi) is 5.34. The number of nitrogens with one attached hydrogen (secondary N) is 1. The lowest BCUT2D eigenvalue weighted by Gasteiger charge is -2.09. The van der Waals surface area contributed by atoms with Crippen LogP contribution in [0.5, 0.6) is 0 Å². The highest BCUT2D eigenvalue weighted by atomic mass is 32.2. The van der Waals surface area contributed by atoms with Crippen molar-refractivity contribution in [3.8, 4) is 16.8 Å². The second-order valence-electron chi connectivity index (χ2n) is 8.67. The van der Waals surface area contributed by atoms with Crippen molar-refractivity contribution < 1.29 is 0 Å². The van der Waals surface area contributed by atoms with E-state index in [-0.39, 0.29) is 5.56 Å². The first-order valence-electron chi connectivity index (χ1n) is 11.3. The third-order valence-electron chi connectivity index (χ3n) is 6.08. The molecule has 0 saturated heterocycles. The van der Waals surface area contributed by atoms with Gasteiger partial charge in [-0.1, -0.05) is 59.8 Å². The van der Waals surface area contributed by atoms with Crippen LogP contribution in [0.15, 0.2) is 64.5 Å². The predicted octanol–water partition coefficient (Wildman–Crippen LogP) is 6.02. The average molecular weight is 486 g/mol. The van der Waals surface area contributed by atoms with Gasteiger partial charge in [0, 0.05) is 22.0 Å². The van der Waals surface area contributed by atoms with Crippen molar-refractivity contribution in [1.29, 1.82) is 0 Å². The molecule has 1 aliphatic carbocycles. The molecule has 2 aromatic carbocycles. The number of hydrogen-bond acceptors (Lipinski definition) is 6. The number of thiophene rings is 1. The highest BCUT2D eigenvalue weighted by Gasteiger charge is 2.31. The summed E-state index contributed by atoms with van der Waals surface area (Å²) in [5.74, 6) is 2.65. The van der Waals surface area contributed by atoms with Crippen molar-refractivity contribution in [1.82, 2.24) is 24.7 Å². The van der Waals surface area contributed by atoms with E-state index >= 15 is 0 Å². The monoisotopic (exact) mass is 485 g/mol. The number of rotatable bonds is 6. The number of aryl methyl sites for hydroxylation is 2. The van der Waals surface area contributed by atoms with Crippen LogP contribution in [0.4, 0.5) is 0 Å². The Bertz CT molecular complexity index is 1550. The van der Waals surface area contributed by atoms with Crippen molar-refractivity contribution in [3.05, 3.63) is 87.0 Å². The molecule has 6 nitrogen and oxygen atoms in total. The van der Waals surface area contributed by atoms with E-state index in [9.17, 15) is 4.79 Å². The fourth-order valence-corrected chi connectivity index (χ4v) is 6.13. The Morgan fingerprint density at radius 1 is 1.06 bits per heavy atom. The molecule has 1 N–H and O–H groups in total. The number of aromatic amines is 1. The molecular weight excluding hydrogens is 462 g/mol. The molecule has 0 radical (unpaired) electrons. The van der Waals surface area contributed by atoms with Crippen molar-refractivity contribution in [3.63, 3.8) is 0 Å². The Morgan fingerprint density at radius 2 is 1.82 bits per heavy atom. The van der Waals surface area contributed by atoms with Crippen LogP contribution in [0.3, 0.4) is 0 Å². The molecule has 0 unspecified atom stereocenters. The van der Waals surface area contributed by atoms with Gasteiger partial charge in [-0.05, 0) is 44.4 Å². The van der Waals surface area contributed by atoms with Gasteiger partial charge in [-0.25, -0.2) is 4.98 Å². The molecule has 0 aliphatic heterocycles. The number of thioether (sulfide) groups is 1. The van der Waals surface area contributed by atoms with Gasteiger partial charge in [-0.15, -0.1) is 21.5 Å². The fraction of sp³-hybridized carbons (Fsp3) is 0.231. The maximum atomic E-state index is 13.1. The molecule has 1 aliphatic rings. The van der Waals surface area contributed by atoms with Crippen molar-refractivity contribution in [2.45, 2.75) is 43.5 Å². The summed E-state index contributed by atoms with van der Waals surface area (Å²) in [5, 5.41) is 10.5. The summed E-state index contributed by atoms with van der Waals surface area (Å²) < 4.78 is 2.14. The maximum absolute atomic E-state index is 13.1. The van der Waals surface area contributed by atoms with Gasteiger partial charge in [-0.2, -0.15) is 0 Å². The van der Waals surface area contributed by atoms with Crippen LogP contribution in [0.1, 0.15) is 40.8 Å². The molecule has 34 heavy (non-hydrogen) atoms. The molecule has 0 spiro atoms. The molecule has 1 fully saturated rings. The normalized spacial score (nSPS) is 13.6. The quantitative estimate of drug-likeness (QED) is 0.298. The Hall–Kier alpha value is -3.23. The molecule has 0 atom stereocenters. The van der Waals surface area contributed by atoms with Gasteiger partial charge < -0.3 is 4.98 Å². The van der Waals surface area contributed by atoms with E-state index < -0.39 is 0 Å². The van der Waals surface area contributed by atoms with Gasteiger partial charge in [0.15, 0.2) is 5.16 Å². The van der Waals surface area contributed by atoms with Crippen molar-refractivity contribution in [2.24, 2.45) is 0 Å². The predicted molar refractivity (Wildman–Crippen MR) is 138 cm³/mol. The summed E-state index contributed by atoms with van der Waals surface area (Å²) in [4.78, 5) is 22.8. The fourth-order valence-electron chi connectivity index (χ4n) is 4.23. The number of para-hydroxylation sites is 1. The van der Waals surface area contributed by atoms with Crippen LogP contribution in [-0.4, -0.2) is 24.7 Å². The Morgan fingerprint density at radius 3 is 2.56 bits per heavy atom. The van der Waals surface area contributed by atoms with Gasteiger partial charge in [0.05, 0.1) is 11.1 Å². The topological polar surface area (TPSA) is 76.5 Å². The zero-order chi connectivity index (χ0) is 23.2. The largest absolute Gasteiger partial charge is 0.309 e. The van der Waals surface area contributed by atoms with Crippen molar-refractivity contribution >= 4 is 33.3 Å². The standard InChI is InChI=1S/C26H23N5OS2/c1-15-8-10-17(11-9-15)21-16(2)34-25-22(21)24(32)27-20(28-25)14-33-26-30-29-23(18-12-13-18)31(26)19-6-4-3-5-7-19/h3-11,18H,12-14H2,1-2H3,(H,27,28,32). The number of fused-ring (bicyclic) bond motifs is 1. The molecule has 1 saturated carbocycles. The number of hydrogen-bond donors (Lipinski definition) is 1. The van der Waals surface area contributed by atoms with Gasteiger partial charge in [-0.3, -0.25) is 9.36 Å². The molecule has 3 heterocycles. The SMILES string of the molecule is Cc1ccc(-c2c(C)sc3nc(CSc4nnc(C5CC5)n4-c4ccccc4)[nH]c(=O)c23)cc1. The van der Waals surface area contributed by atoms with E-state index in [1.165, 1.54) is 5.56 Å². The third-order valence-corrected chi connectivity index (χ3v) is 8.02. The van der Waals surface area contributed by atoms with Gasteiger partial charge in [0.2, 0.25) is 0 Å². The molecular formula is C26H23N5OS2. The van der Waals surface area contributed by atoms with Crippen LogP contribution in [-0.2, 0) is 5.75 Å². The summed E-state index contributed by atoms with van der Waals surface area (Å²) in [7, 11) is 0. The van der Waals surface area contributed by atoms with Crippen LogP contribution >= 0.6 is 23.1 Å². The number of benzene rings is 2. The van der Waals surface area contributed by atoms with E-state index in [1.807, 2.05) is 18.2 Å². The molecule has 170 valence electrons. The lowest BCUT2D eigenvalue weighted by Crippen LogP contribution is -2.11. The highest BCUT2D eigenvalue weighted by Crippen LogP contribution is 2.41. The summed E-state index contributed by atoms with van der Waals surface area (Å²) in [6.45, 7) is 4.12. The van der Waals surface area contributed by atoms with E-state index in [0.717, 1.165) is 50.3 Å². The second kappa shape index (κ2) is 8.52. The molecule has 6 rings (SSSR count). The van der Waals surface area contributed by atoms with Crippen LogP contribution in [0.25, 0.3) is 27.0 Å². The van der Waals surface area contributed by atoms with Crippen LogP contribution in [0.2, 0.25) is 0 Å². The maximum Gasteiger partial charge on any atom is 0.260 e. The van der Waals surface area contributed by atoms with E-state index in [0.29, 0.717) is 22.9 Å². The first-order chi connectivity index (χ1) is 16.6. The van der Waals surface area contributed by atoms with E-state index in [2.05, 4.69) is 70.0 Å². The van der Waals surface area contributed by atoms with E-state index in [4.69, 9.17) is 4.98 Å². The highest BCUT2D eigenvalue weighted by molar-refractivity contribution is 7.98. The first kappa shape index (κ1) is 21.3. The molecule has 8 heteroatoms. The minimum absolute atomic E-state index is 0.0938. The summed E-state index contributed by atoms with van der Waals surface area (Å²) >= 11 is 3.12. The van der Waals surface area contributed by atoms with Gasteiger partial charge >= 0.3 is 0 Å².